The van der Waals surface area contributed by atoms with Gasteiger partial charge in [-0.2, -0.15) is 4.68 Å². The number of aromatic nitrogens is 4. The summed E-state index contributed by atoms with van der Waals surface area (Å²) in [5.74, 6) is 0.0809. The predicted molar refractivity (Wildman–Crippen MR) is 90.0 cm³/mol. The summed E-state index contributed by atoms with van der Waals surface area (Å²) >= 11 is 7.23. The fourth-order valence-corrected chi connectivity index (χ4v) is 2.76. The lowest BCUT2D eigenvalue weighted by atomic mass is 10.3. The van der Waals surface area contributed by atoms with E-state index in [-0.39, 0.29) is 11.7 Å². The quantitative estimate of drug-likeness (QED) is 0.719. The number of carbonyl (C=O) groups excluding carboxylic acids is 1. The van der Waals surface area contributed by atoms with Gasteiger partial charge >= 0.3 is 0 Å². The molecule has 0 atom stereocenters. The van der Waals surface area contributed by atoms with Gasteiger partial charge in [0.05, 0.1) is 11.4 Å². The minimum atomic E-state index is -0.123. The van der Waals surface area contributed by atoms with Gasteiger partial charge in [0.15, 0.2) is 0 Å². The second kappa shape index (κ2) is 7.26. The summed E-state index contributed by atoms with van der Waals surface area (Å²) in [6, 6.07) is 16.5. The first kappa shape index (κ1) is 15.5. The van der Waals surface area contributed by atoms with Crippen LogP contribution in [-0.2, 0) is 4.79 Å². The van der Waals surface area contributed by atoms with Crippen molar-refractivity contribution in [3.05, 3.63) is 59.6 Å². The van der Waals surface area contributed by atoms with Crippen LogP contribution in [0.2, 0.25) is 5.02 Å². The van der Waals surface area contributed by atoms with E-state index < -0.39 is 0 Å². The average Bonchev–Trinajstić information content (AvgIpc) is 3.02. The predicted octanol–water partition coefficient (Wildman–Crippen LogP) is 3.05. The molecule has 0 unspecified atom stereocenters. The van der Waals surface area contributed by atoms with Crippen LogP contribution in [0.4, 0.5) is 5.69 Å². The maximum absolute atomic E-state index is 12.0. The maximum atomic E-state index is 12.0. The molecule has 0 aliphatic heterocycles. The molecule has 1 heterocycles. The van der Waals surface area contributed by atoms with E-state index in [1.54, 1.807) is 16.8 Å². The van der Waals surface area contributed by atoms with Crippen LogP contribution in [0.1, 0.15) is 0 Å². The van der Waals surface area contributed by atoms with E-state index in [4.69, 9.17) is 11.6 Å². The minimum Gasteiger partial charge on any atom is -0.325 e. The van der Waals surface area contributed by atoms with E-state index in [2.05, 4.69) is 20.8 Å². The summed E-state index contributed by atoms with van der Waals surface area (Å²) in [6.07, 6.45) is 0. The molecule has 1 aromatic heterocycles. The van der Waals surface area contributed by atoms with Crippen molar-refractivity contribution in [3.63, 3.8) is 0 Å². The van der Waals surface area contributed by atoms with Crippen molar-refractivity contribution in [2.75, 3.05) is 11.1 Å². The van der Waals surface area contributed by atoms with Crippen molar-refractivity contribution in [2.24, 2.45) is 0 Å². The molecule has 3 rings (SSSR count). The van der Waals surface area contributed by atoms with Gasteiger partial charge in [-0.05, 0) is 40.8 Å². The van der Waals surface area contributed by atoms with Gasteiger partial charge in [0.2, 0.25) is 11.1 Å². The third-order valence-electron chi connectivity index (χ3n) is 2.88. The van der Waals surface area contributed by atoms with Gasteiger partial charge < -0.3 is 5.32 Å². The standard InChI is InChI=1S/C15H12ClN5OS/c16-11-5-4-8-13(9-11)21-15(18-19-20-21)23-10-14(22)17-12-6-2-1-3-7-12/h1-9H,10H2,(H,17,22). The molecule has 1 N–H and O–H groups in total. The highest BCUT2D eigenvalue weighted by atomic mass is 35.5. The number of hydrogen-bond donors (Lipinski definition) is 1. The van der Waals surface area contributed by atoms with Crippen LogP contribution in [0, 0.1) is 0 Å². The van der Waals surface area contributed by atoms with Gasteiger partial charge in [0.25, 0.3) is 0 Å². The third-order valence-corrected chi connectivity index (χ3v) is 4.04. The molecule has 0 saturated heterocycles. The van der Waals surface area contributed by atoms with E-state index in [0.717, 1.165) is 11.4 Å². The molecule has 1 amide bonds. The molecule has 6 nitrogen and oxygen atoms in total. The summed E-state index contributed by atoms with van der Waals surface area (Å²) in [7, 11) is 0. The Balaban J connectivity index is 1.65. The van der Waals surface area contributed by atoms with Gasteiger partial charge in [-0.25, -0.2) is 0 Å². The summed E-state index contributed by atoms with van der Waals surface area (Å²) in [5.41, 5.74) is 1.50. The SMILES string of the molecule is O=C(CSc1nnnn1-c1cccc(Cl)c1)Nc1ccccc1. The lowest BCUT2D eigenvalue weighted by Crippen LogP contribution is -2.14. The molecule has 0 radical (unpaired) electrons. The highest BCUT2D eigenvalue weighted by Crippen LogP contribution is 2.20. The molecule has 0 aliphatic rings. The zero-order valence-corrected chi connectivity index (χ0v) is 13.5. The summed E-state index contributed by atoms with van der Waals surface area (Å²) in [6.45, 7) is 0. The van der Waals surface area contributed by atoms with Crippen molar-refractivity contribution in [1.29, 1.82) is 0 Å². The first-order chi connectivity index (χ1) is 11.2. The third kappa shape index (κ3) is 4.08. The summed E-state index contributed by atoms with van der Waals surface area (Å²) < 4.78 is 1.55. The first-order valence-corrected chi connectivity index (χ1v) is 8.11. The van der Waals surface area contributed by atoms with Crippen LogP contribution in [-0.4, -0.2) is 31.9 Å². The van der Waals surface area contributed by atoms with E-state index in [1.165, 1.54) is 11.8 Å². The largest absolute Gasteiger partial charge is 0.325 e. The van der Waals surface area contributed by atoms with Crippen LogP contribution in [0.5, 0.6) is 0 Å². The van der Waals surface area contributed by atoms with E-state index in [9.17, 15) is 4.79 Å². The number of rotatable bonds is 5. The average molecular weight is 346 g/mol. The van der Waals surface area contributed by atoms with E-state index in [0.29, 0.717) is 10.2 Å². The lowest BCUT2D eigenvalue weighted by molar-refractivity contribution is -0.113. The zero-order chi connectivity index (χ0) is 16.1. The van der Waals surface area contributed by atoms with Crippen LogP contribution in [0.15, 0.2) is 59.8 Å². The molecule has 23 heavy (non-hydrogen) atoms. The Kier molecular flexibility index (Phi) is 4.89. The van der Waals surface area contributed by atoms with E-state index in [1.807, 2.05) is 42.5 Å². The Morgan fingerprint density at radius 1 is 1.17 bits per heavy atom. The Hall–Kier alpha value is -2.38. The van der Waals surface area contributed by atoms with Crippen molar-refractivity contribution >= 4 is 35.0 Å². The topological polar surface area (TPSA) is 72.7 Å². The molecule has 0 spiro atoms. The van der Waals surface area contributed by atoms with Gasteiger partial charge in [0.1, 0.15) is 0 Å². The molecule has 8 heteroatoms. The molecule has 0 aliphatic carbocycles. The molecule has 2 aromatic carbocycles. The number of anilines is 1. The second-order valence-electron chi connectivity index (χ2n) is 4.56. The molecule has 0 saturated carbocycles. The molecular formula is C15H12ClN5OS. The lowest BCUT2D eigenvalue weighted by Gasteiger charge is -2.06. The van der Waals surface area contributed by atoms with Crippen LogP contribution in [0.25, 0.3) is 5.69 Å². The number of carbonyl (C=O) groups is 1. The van der Waals surface area contributed by atoms with Crippen LogP contribution >= 0.6 is 23.4 Å². The smallest absolute Gasteiger partial charge is 0.234 e. The van der Waals surface area contributed by atoms with Gasteiger partial charge in [-0.15, -0.1) is 5.10 Å². The molecule has 0 bridgehead atoms. The van der Waals surface area contributed by atoms with Gasteiger partial charge in [-0.1, -0.05) is 47.6 Å². The fraction of sp³-hybridized carbons (Fsp3) is 0.0667. The number of amides is 1. The molecular weight excluding hydrogens is 334 g/mol. The summed E-state index contributed by atoms with van der Waals surface area (Å²) in [4.78, 5) is 12.0. The fourth-order valence-electron chi connectivity index (χ4n) is 1.89. The number of halogens is 1. The molecule has 116 valence electrons. The minimum absolute atomic E-state index is 0.123. The Labute approximate surface area is 141 Å². The van der Waals surface area contributed by atoms with Crippen LogP contribution < -0.4 is 5.32 Å². The molecule has 3 aromatic rings. The number of thioether (sulfide) groups is 1. The number of nitrogens with zero attached hydrogens (tertiary/aromatic N) is 4. The van der Waals surface area contributed by atoms with Crippen molar-refractivity contribution in [2.45, 2.75) is 5.16 Å². The van der Waals surface area contributed by atoms with Gasteiger partial charge in [-0.3, -0.25) is 4.79 Å². The Morgan fingerprint density at radius 2 is 2.00 bits per heavy atom. The van der Waals surface area contributed by atoms with Gasteiger partial charge in [0, 0.05) is 10.7 Å². The van der Waals surface area contributed by atoms with Crippen molar-refractivity contribution in [1.82, 2.24) is 20.2 Å². The number of nitrogens with one attached hydrogen (secondary N) is 1. The maximum Gasteiger partial charge on any atom is 0.234 e. The second-order valence-corrected chi connectivity index (χ2v) is 5.93. The number of benzene rings is 2. The van der Waals surface area contributed by atoms with Crippen molar-refractivity contribution in [3.8, 4) is 5.69 Å². The van der Waals surface area contributed by atoms with Crippen molar-refractivity contribution < 1.29 is 4.79 Å². The first-order valence-electron chi connectivity index (χ1n) is 6.74. The van der Waals surface area contributed by atoms with Crippen LogP contribution in [0.3, 0.4) is 0 Å². The number of hydrogen-bond acceptors (Lipinski definition) is 5. The normalized spacial score (nSPS) is 10.5. The highest BCUT2D eigenvalue weighted by molar-refractivity contribution is 7.99. The highest BCUT2D eigenvalue weighted by Gasteiger charge is 2.12. The number of tetrazole rings is 1. The van der Waals surface area contributed by atoms with E-state index >= 15 is 0 Å². The molecule has 0 fully saturated rings. The zero-order valence-electron chi connectivity index (χ0n) is 11.9. The Bertz CT molecular complexity index is 808. The summed E-state index contributed by atoms with van der Waals surface area (Å²) in [5, 5.41) is 15.5. The number of para-hydroxylation sites is 1. The Morgan fingerprint density at radius 3 is 2.78 bits per heavy atom. The monoisotopic (exact) mass is 345 g/mol.